The van der Waals surface area contributed by atoms with Gasteiger partial charge in [0.15, 0.2) is 0 Å². The lowest BCUT2D eigenvalue weighted by molar-refractivity contribution is -0.117. The number of aryl methyl sites for hydroxylation is 1. The van der Waals surface area contributed by atoms with Gasteiger partial charge in [0.1, 0.15) is 5.00 Å². The van der Waals surface area contributed by atoms with Crippen LogP contribution in [0.25, 0.3) is 0 Å². The third-order valence-electron chi connectivity index (χ3n) is 4.67. The average molecular weight is 361 g/mol. The lowest BCUT2D eigenvalue weighted by atomic mass is 10.1. The highest BCUT2D eigenvalue weighted by atomic mass is 32.1. The van der Waals surface area contributed by atoms with Crippen LogP contribution in [0.4, 0.5) is 5.00 Å². The Morgan fingerprint density at radius 3 is 2.96 bits per heavy atom. The number of hydrogen-bond donors (Lipinski definition) is 2. The van der Waals surface area contributed by atoms with E-state index in [1.807, 2.05) is 0 Å². The van der Waals surface area contributed by atoms with Crippen LogP contribution in [0.3, 0.4) is 0 Å². The van der Waals surface area contributed by atoms with E-state index in [9.17, 15) is 9.59 Å². The van der Waals surface area contributed by atoms with Crippen LogP contribution in [0.1, 0.15) is 37.7 Å². The van der Waals surface area contributed by atoms with Gasteiger partial charge in [-0.1, -0.05) is 0 Å². The minimum absolute atomic E-state index is 0.0731. The smallest absolute Gasteiger partial charge is 0.251 e. The van der Waals surface area contributed by atoms with Gasteiger partial charge >= 0.3 is 0 Å². The Balaban J connectivity index is 1.45. The second kappa shape index (κ2) is 6.31. The number of fused-ring (bicyclic) bond motifs is 2. The number of nitrogens with one attached hydrogen (secondary N) is 1. The highest BCUT2D eigenvalue weighted by Gasteiger charge is 2.27. The molecule has 5 nitrogen and oxygen atoms in total. The van der Waals surface area contributed by atoms with E-state index < -0.39 is 5.91 Å². The lowest BCUT2D eigenvalue weighted by Gasteiger charge is -2.26. The molecular formula is C17H19N3O2S2. The van der Waals surface area contributed by atoms with Crippen LogP contribution in [0.2, 0.25) is 0 Å². The first-order valence-corrected chi connectivity index (χ1v) is 9.83. The van der Waals surface area contributed by atoms with Gasteiger partial charge in [0.2, 0.25) is 5.91 Å². The van der Waals surface area contributed by atoms with Crippen molar-refractivity contribution in [2.75, 3.05) is 18.4 Å². The Hall–Kier alpha value is -1.70. The van der Waals surface area contributed by atoms with Gasteiger partial charge < -0.3 is 11.1 Å². The predicted octanol–water partition coefficient (Wildman–Crippen LogP) is 2.39. The van der Waals surface area contributed by atoms with Crippen LogP contribution >= 0.6 is 22.7 Å². The molecule has 1 aliphatic heterocycles. The molecule has 2 aromatic heterocycles. The van der Waals surface area contributed by atoms with Gasteiger partial charge in [-0.2, -0.15) is 0 Å². The van der Waals surface area contributed by atoms with Crippen molar-refractivity contribution in [3.8, 4) is 0 Å². The van der Waals surface area contributed by atoms with Crippen molar-refractivity contribution in [2.45, 2.75) is 32.2 Å². The summed E-state index contributed by atoms with van der Waals surface area (Å²) in [6.07, 6.45) is 3.92. The molecule has 1 aliphatic carbocycles. The Morgan fingerprint density at radius 2 is 2.12 bits per heavy atom. The summed E-state index contributed by atoms with van der Waals surface area (Å²) in [7, 11) is 0. The summed E-state index contributed by atoms with van der Waals surface area (Å²) < 4.78 is 0. The van der Waals surface area contributed by atoms with E-state index in [0.717, 1.165) is 44.3 Å². The molecule has 4 rings (SSSR count). The maximum Gasteiger partial charge on any atom is 0.251 e. The molecule has 0 fully saturated rings. The minimum Gasteiger partial charge on any atom is -0.365 e. The Bertz CT molecular complexity index is 809. The van der Waals surface area contributed by atoms with Crippen molar-refractivity contribution in [1.82, 2.24) is 4.90 Å². The first-order valence-electron chi connectivity index (χ1n) is 8.13. The summed E-state index contributed by atoms with van der Waals surface area (Å²) in [4.78, 5) is 29.0. The monoisotopic (exact) mass is 361 g/mol. The molecule has 2 amide bonds. The SMILES string of the molecule is NC(=O)c1c(NC(=O)CN2CCc3sccc3C2)sc2c1CCC2. The molecule has 0 atom stereocenters. The van der Waals surface area contributed by atoms with E-state index in [-0.39, 0.29) is 5.91 Å². The van der Waals surface area contributed by atoms with Crippen molar-refractivity contribution >= 4 is 39.5 Å². The van der Waals surface area contributed by atoms with Crippen molar-refractivity contribution < 1.29 is 9.59 Å². The zero-order valence-electron chi connectivity index (χ0n) is 13.3. The largest absolute Gasteiger partial charge is 0.365 e. The van der Waals surface area contributed by atoms with E-state index in [0.29, 0.717) is 17.1 Å². The van der Waals surface area contributed by atoms with Gasteiger partial charge in [-0.05, 0) is 48.3 Å². The molecule has 2 aromatic rings. The molecule has 3 N–H and O–H groups in total. The maximum atomic E-state index is 12.4. The molecule has 7 heteroatoms. The van der Waals surface area contributed by atoms with Crippen LogP contribution in [0.15, 0.2) is 11.4 Å². The molecule has 0 spiro atoms. The molecule has 24 heavy (non-hydrogen) atoms. The Labute approximate surface area is 148 Å². The second-order valence-corrected chi connectivity index (χ2v) is 8.41. The molecule has 0 saturated carbocycles. The summed E-state index contributed by atoms with van der Waals surface area (Å²) in [6.45, 7) is 2.05. The predicted molar refractivity (Wildman–Crippen MR) is 96.8 cm³/mol. The van der Waals surface area contributed by atoms with Crippen LogP contribution in [0.5, 0.6) is 0 Å². The van der Waals surface area contributed by atoms with Gasteiger partial charge in [0, 0.05) is 22.8 Å². The molecule has 0 radical (unpaired) electrons. The van der Waals surface area contributed by atoms with Gasteiger partial charge in [0.05, 0.1) is 12.1 Å². The van der Waals surface area contributed by atoms with Crippen molar-refractivity contribution in [2.24, 2.45) is 5.73 Å². The number of carbonyl (C=O) groups excluding carboxylic acids is 2. The fourth-order valence-corrected chi connectivity index (χ4v) is 5.76. The van der Waals surface area contributed by atoms with E-state index in [1.165, 1.54) is 26.7 Å². The van der Waals surface area contributed by atoms with Gasteiger partial charge in [-0.3, -0.25) is 14.5 Å². The Morgan fingerprint density at radius 1 is 1.25 bits per heavy atom. The molecule has 0 saturated heterocycles. The first kappa shape index (κ1) is 15.8. The molecule has 0 bridgehead atoms. The van der Waals surface area contributed by atoms with Crippen LogP contribution in [-0.4, -0.2) is 29.8 Å². The summed E-state index contributed by atoms with van der Waals surface area (Å²) in [5.74, 6) is -0.512. The number of anilines is 1. The van der Waals surface area contributed by atoms with E-state index in [2.05, 4.69) is 21.7 Å². The van der Waals surface area contributed by atoms with Crippen LogP contribution < -0.4 is 11.1 Å². The summed E-state index contributed by atoms with van der Waals surface area (Å²) in [5, 5.41) is 5.67. The zero-order chi connectivity index (χ0) is 16.7. The average Bonchev–Trinajstić information content (AvgIpc) is 3.20. The number of nitrogens with zero attached hydrogens (tertiary/aromatic N) is 1. The van der Waals surface area contributed by atoms with E-state index in [1.54, 1.807) is 11.3 Å². The molecule has 3 heterocycles. The minimum atomic E-state index is -0.439. The number of hydrogen-bond acceptors (Lipinski definition) is 5. The normalized spacial score (nSPS) is 16.7. The fourth-order valence-electron chi connectivity index (χ4n) is 3.56. The summed E-state index contributed by atoms with van der Waals surface area (Å²) >= 11 is 3.30. The van der Waals surface area contributed by atoms with Crippen molar-refractivity contribution in [3.05, 3.63) is 37.9 Å². The number of carbonyl (C=O) groups is 2. The fraction of sp³-hybridized carbons (Fsp3) is 0.412. The van der Waals surface area contributed by atoms with E-state index >= 15 is 0 Å². The zero-order valence-corrected chi connectivity index (χ0v) is 14.9. The second-order valence-electron chi connectivity index (χ2n) is 6.30. The number of nitrogens with two attached hydrogens (primary N) is 1. The first-order chi connectivity index (χ1) is 11.6. The molecule has 2 aliphatic rings. The molecule has 0 aromatic carbocycles. The summed E-state index contributed by atoms with van der Waals surface area (Å²) in [6, 6.07) is 2.14. The standard InChI is InChI=1S/C17H19N3O2S2/c18-16(22)15-11-2-1-3-13(11)24-17(15)19-14(21)9-20-6-4-12-10(8-20)5-7-23-12/h5,7H,1-4,6,8-9H2,(H2,18,22)(H,19,21). The van der Waals surface area contributed by atoms with Crippen molar-refractivity contribution in [3.63, 3.8) is 0 Å². The third-order valence-corrected chi connectivity index (χ3v) is 6.90. The van der Waals surface area contributed by atoms with Gasteiger partial charge in [0.25, 0.3) is 5.91 Å². The molecule has 126 valence electrons. The maximum absolute atomic E-state index is 12.4. The highest BCUT2D eigenvalue weighted by Crippen LogP contribution is 2.38. The number of thiophene rings is 2. The van der Waals surface area contributed by atoms with Crippen molar-refractivity contribution in [1.29, 1.82) is 0 Å². The molecular weight excluding hydrogens is 342 g/mol. The summed E-state index contributed by atoms with van der Waals surface area (Å²) in [5.41, 5.74) is 8.44. The van der Waals surface area contributed by atoms with Crippen LogP contribution in [0, 0.1) is 0 Å². The number of amides is 2. The topological polar surface area (TPSA) is 75.4 Å². The molecule has 0 unspecified atom stereocenters. The number of primary amides is 1. The van der Waals surface area contributed by atoms with Gasteiger partial charge in [-0.25, -0.2) is 0 Å². The number of rotatable bonds is 4. The quantitative estimate of drug-likeness (QED) is 0.878. The van der Waals surface area contributed by atoms with E-state index in [4.69, 9.17) is 5.73 Å². The highest BCUT2D eigenvalue weighted by molar-refractivity contribution is 7.17. The third kappa shape index (κ3) is 2.87. The Kier molecular flexibility index (Phi) is 4.15. The van der Waals surface area contributed by atoms with Gasteiger partial charge in [-0.15, -0.1) is 22.7 Å². The lowest BCUT2D eigenvalue weighted by Crippen LogP contribution is -2.36. The van der Waals surface area contributed by atoms with Crippen LogP contribution in [-0.2, 0) is 30.6 Å².